The van der Waals surface area contributed by atoms with Gasteiger partial charge in [0, 0.05) is 48.7 Å². The lowest BCUT2D eigenvalue weighted by Crippen LogP contribution is -2.20. The van der Waals surface area contributed by atoms with Gasteiger partial charge < -0.3 is 4.90 Å². The number of rotatable bonds is 4. The van der Waals surface area contributed by atoms with E-state index in [1.807, 2.05) is 0 Å². The fraction of sp³-hybridized carbons (Fsp3) is 0.133. The van der Waals surface area contributed by atoms with Gasteiger partial charge in [0.05, 0.1) is 5.69 Å². The predicted octanol–water partition coefficient (Wildman–Crippen LogP) is 2.80. The Balaban J connectivity index is 2.46. The van der Waals surface area contributed by atoms with E-state index in [1.54, 1.807) is 43.4 Å². The third kappa shape index (κ3) is 3.96. The molecule has 0 saturated carbocycles. The average Bonchev–Trinajstić information content (AvgIpc) is 2.44. The van der Waals surface area contributed by atoms with Crippen molar-refractivity contribution in [3.05, 3.63) is 68.7 Å². The van der Waals surface area contributed by atoms with Gasteiger partial charge in [-0.25, -0.2) is 4.68 Å². The zero-order chi connectivity index (χ0) is 16.3. The Morgan fingerprint density at radius 2 is 1.86 bits per heavy atom. The van der Waals surface area contributed by atoms with Gasteiger partial charge in [0.25, 0.3) is 0 Å². The van der Waals surface area contributed by atoms with Crippen LogP contribution in [-0.4, -0.2) is 34.6 Å². The molecule has 0 radical (unpaired) electrons. The molecule has 0 N–H and O–H groups in total. The molecule has 7 heteroatoms. The van der Waals surface area contributed by atoms with Crippen LogP contribution in [0.1, 0.15) is 10.5 Å². The molecule has 0 bridgehead atoms. The summed E-state index contributed by atoms with van der Waals surface area (Å²) in [5.74, 6) is -0.471. The Hall–Kier alpha value is -2.11. The van der Waals surface area contributed by atoms with E-state index in [9.17, 15) is 9.59 Å². The Morgan fingerprint density at radius 1 is 1.23 bits per heavy atom. The molecular formula is C15H13Cl2N3O2. The topological polar surface area (TPSA) is 55.2 Å². The molecule has 0 spiro atoms. The van der Waals surface area contributed by atoms with E-state index in [1.165, 1.54) is 23.0 Å². The van der Waals surface area contributed by atoms with E-state index in [0.29, 0.717) is 15.7 Å². The highest BCUT2D eigenvalue weighted by atomic mass is 35.5. The lowest BCUT2D eigenvalue weighted by atomic mass is 10.2. The maximum absolute atomic E-state index is 12.0. The SMILES string of the molecule is CN(C)C=CC(=O)c1nn(-c2cc(Cl)cc(Cl)c2)ccc1=O. The minimum atomic E-state index is -0.471. The number of aromatic nitrogens is 2. The number of allylic oxidation sites excluding steroid dienone is 1. The summed E-state index contributed by atoms with van der Waals surface area (Å²) >= 11 is 11.9. The Kier molecular flexibility index (Phi) is 5.00. The second-order valence-electron chi connectivity index (χ2n) is 4.74. The molecule has 0 fully saturated rings. The Labute approximate surface area is 137 Å². The van der Waals surface area contributed by atoms with Gasteiger partial charge in [-0.2, -0.15) is 5.10 Å². The van der Waals surface area contributed by atoms with Crippen molar-refractivity contribution in [2.45, 2.75) is 0 Å². The summed E-state index contributed by atoms with van der Waals surface area (Å²) in [5.41, 5.74) is -0.0578. The van der Waals surface area contributed by atoms with E-state index < -0.39 is 11.2 Å². The molecule has 0 aliphatic heterocycles. The molecular weight excluding hydrogens is 325 g/mol. The summed E-state index contributed by atoms with van der Waals surface area (Å²) in [6.45, 7) is 0. The van der Waals surface area contributed by atoms with E-state index in [0.717, 1.165) is 0 Å². The maximum Gasteiger partial charge on any atom is 0.211 e. The van der Waals surface area contributed by atoms with Crippen molar-refractivity contribution in [1.82, 2.24) is 14.7 Å². The molecule has 22 heavy (non-hydrogen) atoms. The van der Waals surface area contributed by atoms with Crippen molar-refractivity contribution in [1.29, 1.82) is 0 Å². The van der Waals surface area contributed by atoms with Crippen molar-refractivity contribution in [3.8, 4) is 5.69 Å². The molecule has 2 aromatic rings. The first-order valence-corrected chi connectivity index (χ1v) is 7.08. The van der Waals surface area contributed by atoms with Crippen LogP contribution in [0.4, 0.5) is 0 Å². The van der Waals surface area contributed by atoms with Crippen molar-refractivity contribution in [2.75, 3.05) is 14.1 Å². The van der Waals surface area contributed by atoms with Gasteiger partial charge in [0.1, 0.15) is 0 Å². The zero-order valence-electron chi connectivity index (χ0n) is 12.0. The molecule has 0 amide bonds. The first-order valence-electron chi connectivity index (χ1n) is 6.32. The van der Waals surface area contributed by atoms with E-state index in [4.69, 9.17) is 23.2 Å². The van der Waals surface area contributed by atoms with Crippen LogP contribution in [0.2, 0.25) is 10.0 Å². The van der Waals surface area contributed by atoms with Crippen LogP contribution >= 0.6 is 23.2 Å². The number of halogens is 2. The first-order chi connectivity index (χ1) is 10.4. The quantitative estimate of drug-likeness (QED) is 0.635. The Bertz CT molecular complexity index is 777. The standard InChI is InChI=1S/C15H13Cl2N3O2/c1-19(2)5-3-13(21)15-14(22)4-6-20(18-15)12-8-10(16)7-11(17)9-12/h3-9H,1-2H3. The lowest BCUT2D eigenvalue weighted by molar-refractivity contribution is 0.103. The highest BCUT2D eigenvalue weighted by molar-refractivity contribution is 6.34. The molecule has 0 unspecified atom stereocenters. The van der Waals surface area contributed by atoms with Crippen LogP contribution in [0.15, 0.2) is 47.5 Å². The highest BCUT2D eigenvalue weighted by Gasteiger charge is 2.11. The van der Waals surface area contributed by atoms with Gasteiger partial charge in [-0.05, 0) is 18.2 Å². The van der Waals surface area contributed by atoms with Crippen LogP contribution < -0.4 is 5.43 Å². The number of carbonyl (C=O) groups is 1. The number of hydrogen-bond donors (Lipinski definition) is 0. The van der Waals surface area contributed by atoms with E-state index in [2.05, 4.69) is 5.10 Å². The van der Waals surface area contributed by atoms with Crippen LogP contribution in [-0.2, 0) is 0 Å². The molecule has 0 aliphatic carbocycles. The van der Waals surface area contributed by atoms with Gasteiger partial charge in [0.15, 0.2) is 5.69 Å². The predicted molar refractivity (Wildman–Crippen MR) is 87.0 cm³/mol. The van der Waals surface area contributed by atoms with Gasteiger partial charge in [-0.15, -0.1) is 0 Å². The van der Waals surface area contributed by atoms with Crippen molar-refractivity contribution in [3.63, 3.8) is 0 Å². The first kappa shape index (κ1) is 16.3. The van der Waals surface area contributed by atoms with Crippen LogP contribution in [0.25, 0.3) is 5.69 Å². The smallest absolute Gasteiger partial charge is 0.211 e. The average molecular weight is 338 g/mol. The summed E-state index contributed by atoms with van der Waals surface area (Å²) in [5, 5.41) is 4.94. The van der Waals surface area contributed by atoms with Crippen LogP contribution in [0, 0.1) is 0 Å². The lowest BCUT2D eigenvalue weighted by Gasteiger charge is -2.07. The minimum absolute atomic E-state index is 0.170. The summed E-state index contributed by atoms with van der Waals surface area (Å²) in [7, 11) is 3.54. The third-order valence-electron chi connectivity index (χ3n) is 2.68. The minimum Gasteiger partial charge on any atom is -0.383 e. The van der Waals surface area contributed by atoms with Gasteiger partial charge in [-0.3, -0.25) is 9.59 Å². The zero-order valence-corrected chi connectivity index (χ0v) is 13.5. The molecule has 0 aliphatic rings. The highest BCUT2D eigenvalue weighted by Crippen LogP contribution is 2.21. The van der Waals surface area contributed by atoms with Crippen LogP contribution in [0.5, 0.6) is 0 Å². The molecule has 2 rings (SSSR count). The summed E-state index contributed by atoms with van der Waals surface area (Å²) in [6, 6.07) is 6.13. The van der Waals surface area contributed by atoms with Crippen molar-refractivity contribution >= 4 is 29.0 Å². The normalized spacial score (nSPS) is 10.9. The number of nitrogens with zero attached hydrogens (tertiary/aromatic N) is 3. The fourth-order valence-corrected chi connectivity index (χ4v) is 2.20. The molecule has 1 heterocycles. The molecule has 0 atom stereocenters. The largest absolute Gasteiger partial charge is 0.383 e. The van der Waals surface area contributed by atoms with Crippen molar-refractivity contribution in [2.24, 2.45) is 0 Å². The van der Waals surface area contributed by atoms with Crippen molar-refractivity contribution < 1.29 is 4.79 Å². The van der Waals surface area contributed by atoms with E-state index >= 15 is 0 Å². The van der Waals surface area contributed by atoms with Crippen LogP contribution in [0.3, 0.4) is 0 Å². The number of benzene rings is 1. The Morgan fingerprint density at radius 3 is 2.45 bits per heavy atom. The molecule has 1 aromatic heterocycles. The third-order valence-corrected chi connectivity index (χ3v) is 3.11. The number of ketones is 1. The second-order valence-corrected chi connectivity index (χ2v) is 5.62. The summed E-state index contributed by atoms with van der Waals surface area (Å²) in [6.07, 6.45) is 4.30. The number of hydrogen-bond acceptors (Lipinski definition) is 4. The fourth-order valence-electron chi connectivity index (χ4n) is 1.69. The molecule has 1 aromatic carbocycles. The monoisotopic (exact) mass is 337 g/mol. The second kappa shape index (κ2) is 6.77. The molecule has 5 nitrogen and oxygen atoms in total. The molecule has 114 valence electrons. The van der Waals surface area contributed by atoms with Gasteiger partial charge in [0.2, 0.25) is 11.2 Å². The maximum atomic E-state index is 12.0. The molecule has 0 saturated heterocycles. The van der Waals surface area contributed by atoms with Gasteiger partial charge >= 0.3 is 0 Å². The van der Waals surface area contributed by atoms with E-state index in [-0.39, 0.29) is 5.69 Å². The van der Waals surface area contributed by atoms with Gasteiger partial charge in [-0.1, -0.05) is 23.2 Å². The summed E-state index contributed by atoms with van der Waals surface area (Å²) in [4.78, 5) is 25.6. The summed E-state index contributed by atoms with van der Waals surface area (Å²) < 4.78 is 1.38. The number of carbonyl (C=O) groups excluding carboxylic acids is 1.